The van der Waals surface area contributed by atoms with Crippen LogP contribution in [0.15, 0.2) is 59.8 Å². The molecule has 4 aromatic rings. The van der Waals surface area contributed by atoms with Gasteiger partial charge in [0.1, 0.15) is 11.6 Å². The lowest BCUT2D eigenvalue weighted by atomic mass is 10.2. The van der Waals surface area contributed by atoms with Gasteiger partial charge in [-0.2, -0.15) is 5.10 Å². The van der Waals surface area contributed by atoms with Crippen molar-refractivity contribution in [2.24, 2.45) is 0 Å². The van der Waals surface area contributed by atoms with Crippen LogP contribution in [0.3, 0.4) is 0 Å². The molecule has 0 spiro atoms. The second kappa shape index (κ2) is 8.91. The van der Waals surface area contributed by atoms with Crippen LogP contribution >= 0.6 is 11.8 Å². The summed E-state index contributed by atoms with van der Waals surface area (Å²) in [7, 11) is 0. The Hall–Kier alpha value is -3.46. The van der Waals surface area contributed by atoms with Gasteiger partial charge in [-0.15, -0.1) is 10.2 Å². The summed E-state index contributed by atoms with van der Waals surface area (Å²) in [4.78, 5) is 16.8. The van der Waals surface area contributed by atoms with Crippen LogP contribution in [0.1, 0.15) is 17.2 Å². The molecule has 1 amide bonds. The lowest BCUT2D eigenvalue weighted by Crippen LogP contribution is -2.15. The smallest absolute Gasteiger partial charge is 0.234 e. The van der Waals surface area contributed by atoms with E-state index in [-0.39, 0.29) is 11.7 Å². The highest BCUT2D eigenvalue weighted by atomic mass is 32.2. The molecule has 0 unspecified atom stereocenters. The maximum atomic E-state index is 12.5. The number of hydrogen-bond acceptors (Lipinski definition) is 6. The SMILES string of the molecule is Cc1nc(-c2cccc(NC(=O)CSc3nnc(C)n3Cc3ccccc3)c2)n[nH]1. The maximum Gasteiger partial charge on any atom is 0.234 e. The quantitative estimate of drug-likeness (QED) is 0.445. The Morgan fingerprint density at radius 2 is 1.93 bits per heavy atom. The largest absolute Gasteiger partial charge is 0.325 e. The number of thioether (sulfide) groups is 1. The van der Waals surface area contributed by atoms with E-state index in [0.717, 1.165) is 27.9 Å². The highest BCUT2D eigenvalue weighted by molar-refractivity contribution is 7.99. The molecule has 0 aliphatic rings. The van der Waals surface area contributed by atoms with Gasteiger partial charge in [0.05, 0.1) is 12.3 Å². The normalized spacial score (nSPS) is 10.9. The average molecular weight is 420 g/mol. The van der Waals surface area contributed by atoms with Crippen LogP contribution in [0, 0.1) is 13.8 Å². The molecule has 0 saturated carbocycles. The Bertz CT molecular complexity index is 1150. The van der Waals surface area contributed by atoms with Gasteiger partial charge in [0, 0.05) is 11.3 Å². The van der Waals surface area contributed by atoms with E-state index in [2.05, 4.69) is 42.8 Å². The topological polar surface area (TPSA) is 101 Å². The van der Waals surface area contributed by atoms with E-state index in [1.165, 1.54) is 11.8 Å². The second-order valence-electron chi connectivity index (χ2n) is 6.76. The number of nitrogens with zero attached hydrogens (tertiary/aromatic N) is 5. The number of aromatic amines is 1. The lowest BCUT2D eigenvalue weighted by molar-refractivity contribution is -0.113. The molecule has 8 nitrogen and oxygen atoms in total. The van der Waals surface area contributed by atoms with E-state index < -0.39 is 0 Å². The molecule has 0 aliphatic carbocycles. The Labute approximate surface area is 178 Å². The minimum absolute atomic E-state index is 0.116. The van der Waals surface area contributed by atoms with Crippen LogP contribution in [0.5, 0.6) is 0 Å². The average Bonchev–Trinajstić information content (AvgIpc) is 3.34. The number of amides is 1. The minimum atomic E-state index is -0.116. The highest BCUT2D eigenvalue weighted by Crippen LogP contribution is 2.21. The van der Waals surface area contributed by atoms with Gasteiger partial charge in [0.15, 0.2) is 11.0 Å². The summed E-state index contributed by atoms with van der Waals surface area (Å²) < 4.78 is 2.01. The Morgan fingerprint density at radius 1 is 1.10 bits per heavy atom. The lowest BCUT2D eigenvalue weighted by Gasteiger charge is -2.09. The number of aryl methyl sites for hydroxylation is 2. The zero-order chi connectivity index (χ0) is 20.9. The van der Waals surface area contributed by atoms with Crippen LogP contribution in [-0.2, 0) is 11.3 Å². The molecule has 0 radical (unpaired) electrons. The molecular formula is C21H21N7OS. The van der Waals surface area contributed by atoms with Crippen LogP contribution in [0.25, 0.3) is 11.4 Å². The van der Waals surface area contributed by atoms with Crippen LogP contribution in [-0.4, -0.2) is 41.6 Å². The van der Waals surface area contributed by atoms with Crippen molar-refractivity contribution >= 4 is 23.4 Å². The molecule has 0 aliphatic heterocycles. The van der Waals surface area contributed by atoms with Gasteiger partial charge in [-0.3, -0.25) is 9.89 Å². The first kappa shape index (κ1) is 19.8. The van der Waals surface area contributed by atoms with E-state index >= 15 is 0 Å². The number of carbonyl (C=O) groups excluding carboxylic acids is 1. The number of carbonyl (C=O) groups is 1. The molecule has 0 saturated heterocycles. The van der Waals surface area contributed by atoms with Gasteiger partial charge in [-0.25, -0.2) is 4.98 Å². The predicted octanol–water partition coefficient (Wildman–Crippen LogP) is 3.46. The zero-order valence-electron chi connectivity index (χ0n) is 16.7. The number of aromatic nitrogens is 6. The first-order valence-electron chi connectivity index (χ1n) is 9.44. The Morgan fingerprint density at radius 3 is 2.70 bits per heavy atom. The number of hydrogen-bond donors (Lipinski definition) is 2. The zero-order valence-corrected chi connectivity index (χ0v) is 17.5. The van der Waals surface area contributed by atoms with Gasteiger partial charge in [0.25, 0.3) is 0 Å². The van der Waals surface area contributed by atoms with E-state index in [0.29, 0.717) is 18.1 Å². The van der Waals surface area contributed by atoms with Gasteiger partial charge in [-0.05, 0) is 31.5 Å². The van der Waals surface area contributed by atoms with Crippen LogP contribution < -0.4 is 5.32 Å². The van der Waals surface area contributed by atoms with E-state index in [4.69, 9.17) is 0 Å². The van der Waals surface area contributed by atoms with Gasteiger partial charge in [0.2, 0.25) is 5.91 Å². The second-order valence-corrected chi connectivity index (χ2v) is 7.71. The summed E-state index contributed by atoms with van der Waals surface area (Å²) in [6, 6.07) is 17.6. The molecule has 0 atom stereocenters. The summed E-state index contributed by atoms with van der Waals surface area (Å²) in [5.41, 5.74) is 2.69. The van der Waals surface area contributed by atoms with Gasteiger partial charge >= 0.3 is 0 Å². The van der Waals surface area contributed by atoms with Gasteiger partial charge in [-0.1, -0.05) is 54.2 Å². The monoisotopic (exact) mass is 419 g/mol. The fraction of sp³-hybridized carbons (Fsp3) is 0.190. The van der Waals surface area contributed by atoms with Crippen molar-refractivity contribution < 1.29 is 4.79 Å². The third kappa shape index (κ3) is 4.74. The number of rotatable bonds is 7. The highest BCUT2D eigenvalue weighted by Gasteiger charge is 2.13. The van der Waals surface area contributed by atoms with Crippen molar-refractivity contribution in [1.29, 1.82) is 0 Å². The molecule has 0 fully saturated rings. The first-order valence-corrected chi connectivity index (χ1v) is 10.4. The molecule has 2 heterocycles. The fourth-order valence-corrected chi connectivity index (χ4v) is 3.73. The molecule has 30 heavy (non-hydrogen) atoms. The van der Waals surface area contributed by atoms with Crippen molar-refractivity contribution in [3.05, 3.63) is 71.8 Å². The third-order valence-corrected chi connectivity index (χ3v) is 5.39. The summed E-state index contributed by atoms with van der Waals surface area (Å²) in [5, 5.41) is 19.0. The summed E-state index contributed by atoms with van der Waals surface area (Å²) in [6.45, 7) is 4.43. The molecule has 0 bridgehead atoms. The molecule has 4 rings (SSSR count). The van der Waals surface area contributed by atoms with Crippen molar-refractivity contribution in [3.63, 3.8) is 0 Å². The predicted molar refractivity (Wildman–Crippen MR) is 116 cm³/mol. The van der Waals surface area contributed by atoms with Crippen molar-refractivity contribution in [2.75, 3.05) is 11.1 Å². The van der Waals surface area contributed by atoms with Gasteiger partial charge < -0.3 is 9.88 Å². The maximum absolute atomic E-state index is 12.5. The standard InChI is InChI=1S/C21H21N7OS/c1-14-22-20(26-24-14)17-9-6-10-18(11-17)23-19(29)13-30-21-27-25-15(2)28(21)12-16-7-4-3-5-8-16/h3-11H,12-13H2,1-2H3,(H,23,29)(H,22,24,26). The Balaban J connectivity index is 1.39. The fourth-order valence-electron chi connectivity index (χ4n) is 2.95. The van der Waals surface area contributed by atoms with E-state index in [1.807, 2.05) is 60.9 Å². The van der Waals surface area contributed by atoms with Crippen molar-refractivity contribution in [3.8, 4) is 11.4 Å². The van der Waals surface area contributed by atoms with Crippen LogP contribution in [0.2, 0.25) is 0 Å². The minimum Gasteiger partial charge on any atom is -0.325 e. The molecule has 152 valence electrons. The number of anilines is 1. The number of H-pyrrole nitrogens is 1. The number of benzene rings is 2. The summed E-state index contributed by atoms with van der Waals surface area (Å²) in [5.74, 6) is 2.27. The molecule has 9 heteroatoms. The molecular weight excluding hydrogens is 398 g/mol. The van der Waals surface area contributed by atoms with E-state index in [9.17, 15) is 4.79 Å². The molecule has 2 N–H and O–H groups in total. The Kier molecular flexibility index (Phi) is 5.89. The first-order chi connectivity index (χ1) is 14.6. The number of nitrogens with one attached hydrogen (secondary N) is 2. The molecule has 2 aromatic carbocycles. The third-order valence-electron chi connectivity index (χ3n) is 4.42. The summed E-state index contributed by atoms with van der Waals surface area (Å²) in [6.07, 6.45) is 0. The van der Waals surface area contributed by atoms with Crippen LogP contribution in [0.4, 0.5) is 5.69 Å². The van der Waals surface area contributed by atoms with Crippen molar-refractivity contribution in [1.82, 2.24) is 29.9 Å². The van der Waals surface area contributed by atoms with Crippen molar-refractivity contribution in [2.45, 2.75) is 25.5 Å². The summed E-state index contributed by atoms with van der Waals surface area (Å²) >= 11 is 1.37. The molecule has 2 aromatic heterocycles. The van der Waals surface area contributed by atoms with E-state index in [1.54, 1.807) is 0 Å².